The van der Waals surface area contributed by atoms with E-state index in [1.54, 1.807) is 0 Å². The average molecular weight is 475 g/mol. The number of esters is 1. The summed E-state index contributed by atoms with van der Waals surface area (Å²) in [5.41, 5.74) is 5.02. The predicted molar refractivity (Wildman–Crippen MR) is 141 cm³/mol. The maximum Gasteiger partial charge on any atom is 0.341 e. The molecule has 0 radical (unpaired) electrons. The van der Waals surface area contributed by atoms with Crippen LogP contribution in [0.25, 0.3) is 11.1 Å². The molecule has 35 heavy (non-hydrogen) atoms. The molecule has 0 spiro atoms. The molecule has 5 nitrogen and oxygen atoms in total. The summed E-state index contributed by atoms with van der Waals surface area (Å²) in [5, 5.41) is 0. The minimum atomic E-state index is -0.433. The van der Waals surface area contributed by atoms with E-state index in [4.69, 9.17) is 9.47 Å². The molecule has 3 aromatic rings. The summed E-state index contributed by atoms with van der Waals surface area (Å²) >= 11 is 0. The van der Waals surface area contributed by atoms with Crippen molar-refractivity contribution < 1.29 is 14.3 Å². The number of hydrogen-bond acceptors (Lipinski definition) is 5. The molecule has 0 aliphatic carbocycles. The number of nitrogens with zero attached hydrogens (tertiary/aromatic N) is 2. The van der Waals surface area contributed by atoms with Gasteiger partial charge in [-0.25, -0.2) is 14.8 Å². The van der Waals surface area contributed by atoms with Gasteiger partial charge in [0.05, 0.1) is 12.2 Å². The maximum atomic E-state index is 12.7. The van der Waals surface area contributed by atoms with Gasteiger partial charge in [-0.15, -0.1) is 0 Å². The first-order valence-electron chi connectivity index (χ1n) is 13.0. The van der Waals surface area contributed by atoms with Gasteiger partial charge in [-0.05, 0) is 47.9 Å². The molecule has 0 N–H and O–H groups in total. The summed E-state index contributed by atoms with van der Waals surface area (Å²) in [6, 6.07) is 17.4. The highest BCUT2D eigenvalue weighted by atomic mass is 16.5. The van der Waals surface area contributed by atoms with Gasteiger partial charge < -0.3 is 9.47 Å². The molecule has 0 saturated heterocycles. The first-order valence-corrected chi connectivity index (χ1v) is 13.0. The fourth-order valence-corrected chi connectivity index (χ4v) is 3.93. The van der Waals surface area contributed by atoms with Gasteiger partial charge in [0.25, 0.3) is 0 Å². The Morgan fingerprint density at radius 3 is 2.00 bits per heavy atom. The Balaban J connectivity index is 1.57. The third kappa shape index (κ3) is 8.20. The number of benzene rings is 2. The SMILES string of the molecule is CCCCCOc1ncc(C(=O)OC(CC)c2ccc(-c3ccc(CCCCC)cc3)cc2)cn1. The highest BCUT2D eigenvalue weighted by Crippen LogP contribution is 2.27. The molecule has 0 saturated carbocycles. The highest BCUT2D eigenvalue weighted by molar-refractivity contribution is 5.88. The Labute approximate surface area is 209 Å². The van der Waals surface area contributed by atoms with E-state index in [2.05, 4.69) is 60.2 Å². The van der Waals surface area contributed by atoms with Crippen LogP contribution in [-0.2, 0) is 11.2 Å². The van der Waals surface area contributed by atoms with Crippen molar-refractivity contribution >= 4 is 5.97 Å². The van der Waals surface area contributed by atoms with Crippen LogP contribution >= 0.6 is 0 Å². The number of rotatable bonds is 14. The molecule has 3 rings (SSSR count). The normalized spacial score (nSPS) is 11.7. The Kier molecular flexibility index (Phi) is 10.7. The van der Waals surface area contributed by atoms with Crippen molar-refractivity contribution in [2.45, 2.75) is 78.2 Å². The zero-order valence-corrected chi connectivity index (χ0v) is 21.3. The number of hydrogen-bond donors (Lipinski definition) is 0. The van der Waals surface area contributed by atoms with E-state index in [-0.39, 0.29) is 12.1 Å². The summed E-state index contributed by atoms with van der Waals surface area (Å²) < 4.78 is 11.3. The smallest absolute Gasteiger partial charge is 0.341 e. The second-order valence-electron chi connectivity index (χ2n) is 8.89. The number of aryl methyl sites for hydroxylation is 1. The Hall–Kier alpha value is -3.21. The molecule has 1 atom stereocenters. The number of unbranched alkanes of at least 4 members (excludes halogenated alkanes) is 4. The molecule has 1 heterocycles. The fourth-order valence-electron chi connectivity index (χ4n) is 3.93. The Morgan fingerprint density at radius 1 is 0.800 bits per heavy atom. The van der Waals surface area contributed by atoms with Gasteiger partial charge in [-0.2, -0.15) is 0 Å². The second kappa shape index (κ2) is 14.2. The van der Waals surface area contributed by atoms with Gasteiger partial charge in [-0.1, -0.05) is 95.0 Å². The maximum absolute atomic E-state index is 12.7. The van der Waals surface area contributed by atoms with Crippen LogP contribution in [0.3, 0.4) is 0 Å². The molecule has 5 heteroatoms. The third-order valence-electron chi connectivity index (χ3n) is 6.10. The summed E-state index contributed by atoms with van der Waals surface area (Å²) in [5.74, 6) is -0.433. The van der Waals surface area contributed by atoms with Crippen LogP contribution < -0.4 is 4.74 Å². The summed E-state index contributed by atoms with van der Waals surface area (Å²) in [6.07, 6.45) is 11.4. The van der Waals surface area contributed by atoms with Crippen molar-refractivity contribution in [3.63, 3.8) is 0 Å². The Bertz CT molecular complexity index is 1010. The number of ether oxygens (including phenoxy) is 2. The predicted octanol–water partition coefficient (Wildman–Crippen LogP) is 7.75. The van der Waals surface area contributed by atoms with E-state index >= 15 is 0 Å². The highest BCUT2D eigenvalue weighted by Gasteiger charge is 2.17. The van der Waals surface area contributed by atoms with Gasteiger partial charge in [0, 0.05) is 12.4 Å². The molecule has 1 unspecified atom stereocenters. The molecule has 0 amide bonds. The Morgan fingerprint density at radius 2 is 1.40 bits per heavy atom. The van der Waals surface area contributed by atoms with Crippen LogP contribution in [0.1, 0.15) is 93.3 Å². The molecule has 0 aliphatic heterocycles. The minimum Gasteiger partial charge on any atom is -0.463 e. The lowest BCUT2D eigenvalue weighted by Gasteiger charge is -2.17. The van der Waals surface area contributed by atoms with Crippen molar-refractivity contribution in [3.8, 4) is 17.1 Å². The van der Waals surface area contributed by atoms with Crippen molar-refractivity contribution in [1.29, 1.82) is 0 Å². The van der Waals surface area contributed by atoms with Crippen LogP contribution in [0, 0.1) is 0 Å². The lowest BCUT2D eigenvalue weighted by Crippen LogP contribution is -2.12. The van der Waals surface area contributed by atoms with Gasteiger partial charge in [0.2, 0.25) is 0 Å². The molecular formula is C30H38N2O3. The van der Waals surface area contributed by atoms with Crippen LogP contribution in [0.5, 0.6) is 6.01 Å². The average Bonchev–Trinajstić information content (AvgIpc) is 2.91. The lowest BCUT2D eigenvalue weighted by molar-refractivity contribution is 0.0286. The summed E-state index contributed by atoms with van der Waals surface area (Å²) in [6.45, 7) is 6.96. The van der Waals surface area contributed by atoms with E-state index in [9.17, 15) is 4.79 Å². The molecule has 0 fully saturated rings. The molecule has 0 aliphatic rings. The minimum absolute atomic E-state index is 0.286. The molecule has 2 aromatic carbocycles. The fraction of sp³-hybridized carbons (Fsp3) is 0.433. The van der Waals surface area contributed by atoms with Crippen molar-refractivity contribution in [3.05, 3.63) is 77.6 Å². The zero-order chi connectivity index (χ0) is 24.9. The third-order valence-corrected chi connectivity index (χ3v) is 6.10. The number of carbonyl (C=O) groups excluding carboxylic acids is 1. The summed E-state index contributed by atoms with van der Waals surface area (Å²) in [7, 11) is 0. The number of carbonyl (C=O) groups is 1. The zero-order valence-electron chi connectivity index (χ0n) is 21.3. The molecule has 186 valence electrons. The molecule has 0 bridgehead atoms. The van der Waals surface area contributed by atoms with E-state index in [0.29, 0.717) is 18.6 Å². The van der Waals surface area contributed by atoms with Crippen molar-refractivity contribution in [1.82, 2.24) is 9.97 Å². The molecular weight excluding hydrogens is 436 g/mol. The van der Waals surface area contributed by atoms with E-state index in [1.165, 1.54) is 42.8 Å². The van der Waals surface area contributed by atoms with Crippen LogP contribution in [0.15, 0.2) is 60.9 Å². The van der Waals surface area contributed by atoms with Crippen molar-refractivity contribution in [2.75, 3.05) is 6.61 Å². The van der Waals surface area contributed by atoms with Crippen molar-refractivity contribution in [2.24, 2.45) is 0 Å². The van der Waals surface area contributed by atoms with E-state index in [0.717, 1.165) is 36.8 Å². The topological polar surface area (TPSA) is 61.3 Å². The van der Waals surface area contributed by atoms with Gasteiger partial charge in [-0.3, -0.25) is 0 Å². The first kappa shape index (κ1) is 26.4. The quantitative estimate of drug-likeness (QED) is 0.176. The van der Waals surface area contributed by atoms with Gasteiger partial charge in [0.1, 0.15) is 6.10 Å². The molecule has 1 aromatic heterocycles. The lowest BCUT2D eigenvalue weighted by atomic mass is 9.99. The standard InChI is InChI=1S/C30H38N2O3/c1-4-7-9-11-23-12-14-24(15-13-23)25-16-18-26(19-17-25)28(6-3)35-29(33)27-21-31-30(32-22-27)34-20-10-8-5-2/h12-19,21-22,28H,4-11,20H2,1-3H3. The monoisotopic (exact) mass is 474 g/mol. The largest absolute Gasteiger partial charge is 0.463 e. The second-order valence-corrected chi connectivity index (χ2v) is 8.89. The van der Waals surface area contributed by atoms with Crippen LogP contribution in [0.4, 0.5) is 0 Å². The van der Waals surface area contributed by atoms with Crippen LogP contribution in [0.2, 0.25) is 0 Å². The van der Waals surface area contributed by atoms with Crippen LogP contribution in [-0.4, -0.2) is 22.5 Å². The first-order chi connectivity index (χ1) is 17.1. The van der Waals surface area contributed by atoms with Gasteiger partial charge in [0.15, 0.2) is 0 Å². The number of aromatic nitrogens is 2. The van der Waals surface area contributed by atoms with E-state index in [1.807, 2.05) is 19.1 Å². The summed E-state index contributed by atoms with van der Waals surface area (Å²) in [4.78, 5) is 21.0. The van der Waals surface area contributed by atoms with Gasteiger partial charge >= 0.3 is 12.0 Å². The van der Waals surface area contributed by atoms with E-state index < -0.39 is 5.97 Å².